The second-order valence-electron chi connectivity index (χ2n) is 4.76. The summed E-state index contributed by atoms with van der Waals surface area (Å²) in [7, 11) is 0. The molecule has 0 radical (unpaired) electrons. The van der Waals surface area contributed by atoms with Gasteiger partial charge in [-0.25, -0.2) is 5.43 Å². The summed E-state index contributed by atoms with van der Waals surface area (Å²) in [5, 5.41) is 2.46. The van der Waals surface area contributed by atoms with Crippen LogP contribution in [0.4, 0.5) is 0 Å². The highest BCUT2D eigenvalue weighted by Crippen LogP contribution is 2.26. The molecule has 2 nitrogen and oxygen atoms in total. The first-order valence-electron chi connectivity index (χ1n) is 6.48. The number of nitrogens with one attached hydrogen (secondary N) is 1. The van der Waals surface area contributed by atoms with Crippen LogP contribution in [0.3, 0.4) is 0 Å². The molecule has 0 amide bonds. The first kappa shape index (κ1) is 13.3. The minimum Gasteiger partial charge on any atom is -0.271 e. The van der Waals surface area contributed by atoms with Crippen molar-refractivity contribution in [3.05, 3.63) is 82.3 Å². The van der Waals surface area contributed by atoms with Crippen molar-refractivity contribution < 1.29 is 0 Å². The van der Waals surface area contributed by atoms with E-state index in [1.54, 1.807) is 0 Å². The Kier molecular flexibility index (Phi) is 3.83. The highest BCUT2D eigenvalue weighted by molar-refractivity contribution is 9.10. The number of hydrazine groups is 1. The van der Waals surface area contributed by atoms with Crippen LogP contribution in [-0.4, -0.2) is 0 Å². The fraction of sp³-hybridized carbons (Fsp3) is 0.0588. The Labute approximate surface area is 126 Å². The summed E-state index contributed by atoms with van der Waals surface area (Å²) < 4.78 is 1.05. The van der Waals surface area contributed by atoms with E-state index >= 15 is 0 Å². The van der Waals surface area contributed by atoms with Crippen LogP contribution in [0.2, 0.25) is 0 Å². The third-order valence-corrected chi connectivity index (χ3v) is 3.95. The van der Waals surface area contributed by atoms with Gasteiger partial charge in [-0.15, -0.1) is 0 Å². The minimum atomic E-state index is -0.0166. The van der Waals surface area contributed by atoms with Crippen LogP contribution in [0.25, 0.3) is 10.8 Å². The molecule has 1 unspecified atom stereocenters. The largest absolute Gasteiger partial charge is 0.271 e. The predicted octanol–water partition coefficient (Wildman–Crippen LogP) is 4.16. The first-order chi connectivity index (χ1) is 9.78. The zero-order valence-electron chi connectivity index (χ0n) is 10.9. The van der Waals surface area contributed by atoms with E-state index in [1.165, 1.54) is 10.8 Å². The van der Waals surface area contributed by atoms with E-state index in [9.17, 15) is 0 Å². The Morgan fingerprint density at radius 3 is 2.30 bits per heavy atom. The second-order valence-corrected chi connectivity index (χ2v) is 5.68. The summed E-state index contributed by atoms with van der Waals surface area (Å²) in [6, 6.07) is 22.9. The van der Waals surface area contributed by atoms with Crippen molar-refractivity contribution in [1.82, 2.24) is 5.43 Å². The van der Waals surface area contributed by atoms with Crippen molar-refractivity contribution >= 4 is 26.7 Å². The van der Waals surface area contributed by atoms with Gasteiger partial charge in [-0.3, -0.25) is 5.84 Å². The predicted molar refractivity (Wildman–Crippen MR) is 87.3 cm³/mol. The molecule has 3 aromatic carbocycles. The average Bonchev–Trinajstić information content (AvgIpc) is 2.48. The van der Waals surface area contributed by atoms with Crippen LogP contribution in [0.15, 0.2) is 71.2 Å². The van der Waals surface area contributed by atoms with Crippen molar-refractivity contribution in [2.75, 3.05) is 0 Å². The molecule has 0 fully saturated rings. The van der Waals surface area contributed by atoms with Gasteiger partial charge in [0.15, 0.2) is 0 Å². The minimum absolute atomic E-state index is 0.0166. The SMILES string of the molecule is NNC(c1cccc(Br)c1)c1ccc2ccccc2c1. The molecule has 0 saturated carbocycles. The van der Waals surface area contributed by atoms with Crippen molar-refractivity contribution in [3.8, 4) is 0 Å². The molecule has 3 N–H and O–H groups in total. The van der Waals surface area contributed by atoms with Gasteiger partial charge in [-0.05, 0) is 40.1 Å². The standard InChI is InChI=1S/C17H15BrN2/c18-16-7-3-6-14(11-16)17(20-19)15-9-8-12-4-1-2-5-13(12)10-15/h1-11,17,20H,19H2. The highest BCUT2D eigenvalue weighted by atomic mass is 79.9. The summed E-state index contributed by atoms with van der Waals surface area (Å²) in [5.74, 6) is 5.77. The molecular formula is C17H15BrN2. The third kappa shape index (κ3) is 2.61. The normalized spacial score (nSPS) is 12.5. The molecule has 0 aliphatic rings. The summed E-state index contributed by atoms with van der Waals surface area (Å²) in [6.45, 7) is 0. The van der Waals surface area contributed by atoms with Gasteiger partial charge in [0.05, 0.1) is 6.04 Å². The van der Waals surface area contributed by atoms with Crippen molar-refractivity contribution in [1.29, 1.82) is 0 Å². The van der Waals surface area contributed by atoms with Gasteiger partial charge in [0.2, 0.25) is 0 Å². The van der Waals surface area contributed by atoms with Crippen LogP contribution in [0, 0.1) is 0 Å². The number of benzene rings is 3. The Morgan fingerprint density at radius 1 is 0.800 bits per heavy atom. The number of hydrogen-bond donors (Lipinski definition) is 2. The third-order valence-electron chi connectivity index (χ3n) is 3.46. The second kappa shape index (κ2) is 5.75. The van der Waals surface area contributed by atoms with Gasteiger partial charge < -0.3 is 0 Å². The Balaban J connectivity index is 2.07. The number of halogens is 1. The lowest BCUT2D eigenvalue weighted by atomic mass is 9.97. The van der Waals surface area contributed by atoms with E-state index in [0.717, 1.165) is 15.6 Å². The summed E-state index contributed by atoms with van der Waals surface area (Å²) >= 11 is 3.50. The van der Waals surface area contributed by atoms with Crippen molar-refractivity contribution in [2.24, 2.45) is 5.84 Å². The van der Waals surface area contributed by atoms with E-state index in [2.05, 4.69) is 76.0 Å². The highest BCUT2D eigenvalue weighted by Gasteiger charge is 2.12. The van der Waals surface area contributed by atoms with E-state index in [1.807, 2.05) is 12.1 Å². The number of rotatable bonds is 3. The zero-order chi connectivity index (χ0) is 13.9. The number of nitrogens with two attached hydrogens (primary N) is 1. The fourth-order valence-corrected chi connectivity index (χ4v) is 2.88. The van der Waals surface area contributed by atoms with Gasteiger partial charge in [-0.2, -0.15) is 0 Å². The van der Waals surface area contributed by atoms with Crippen LogP contribution >= 0.6 is 15.9 Å². The van der Waals surface area contributed by atoms with Crippen molar-refractivity contribution in [2.45, 2.75) is 6.04 Å². The Hall–Kier alpha value is -1.68. The van der Waals surface area contributed by atoms with Gasteiger partial charge >= 0.3 is 0 Å². The summed E-state index contributed by atoms with van der Waals surface area (Å²) in [6.07, 6.45) is 0. The molecule has 0 aromatic heterocycles. The lowest BCUT2D eigenvalue weighted by Gasteiger charge is -2.17. The van der Waals surface area contributed by atoms with Crippen LogP contribution < -0.4 is 11.3 Å². The molecule has 3 aromatic rings. The maximum absolute atomic E-state index is 5.77. The van der Waals surface area contributed by atoms with E-state index in [4.69, 9.17) is 5.84 Å². The molecule has 100 valence electrons. The van der Waals surface area contributed by atoms with Crippen LogP contribution in [0.5, 0.6) is 0 Å². The fourth-order valence-electron chi connectivity index (χ4n) is 2.46. The molecule has 1 atom stereocenters. The maximum atomic E-state index is 5.77. The quantitative estimate of drug-likeness (QED) is 0.560. The maximum Gasteiger partial charge on any atom is 0.0710 e. The first-order valence-corrected chi connectivity index (χ1v) is 7.27. The van der Waals surface area contributed by atoms with Crippen molar-refractivity contribution in [3.63, 3.8) is 0 Å². The molecular weight excluding hydrogens is 312 g/mol. The molecule has 0 saturated heterocycles. The molecule has 0 heterocycles. The Morgan fingerprint density at radius 2 is 1.55 bits per heavy atom. The lowest BCUT2D eigenvalue weighted by Crippen LogP contribution is -2.28. The van der Waals surface area contributed by atoms with Gasteiger partial charge in [0, 0.05) is 4.47 Å². The lowest BCUT2D eigenvalue weighted by molar-refractivity contribution is 0.637. The smallest absolute Gasteiger partial charge is 0.0710 e. The average molecular weight is 327 g/mol. The zero-order valence-corrected chi connectivity index (χ0v) is 12.5. The Bertz CT molecular complexity index is 740. The molecule has 3 rings (SSSR count). The van der Waals surface area contributed by atoms with Gasteiger partial charge in [0.1, 0.15) is 0 Å². The topological polar surface area (TPSA) is 38.0 Å². The van der Waals surface area contributed by atoms with E-state index in [0.29, 0.717) is 0 Å². The molecule has 0 aliphatic carbocycles. The number of fused-ring (bicyclic) bond motifs is 1. The van der Waals surface area contributed by atoms with Crippen LogP contribution in [0.1, 0.15) is 17.2 Å². The molecule has 0 aliphatic heterocycles. The van der Waals surface area contributed by atoms with Crippen LogP contribution in [-0.2, 0) is 0 Å². The summed E-state index contributed by atoms with van der Waals surface area (Å²) in [4.78, 5) is 0. The van der Waals surface area contributed by atoms with Gasteiger partial charge in [0.25, 0.3) is 0 Å². The van der Waals surface area contributed by atoms with E-state index in [-0.39, 0.29) is 6.04 Å². The monoisotopic (exact) mass is 326 g/mol. The molecule has 3 heteroatoms. The summed E-state index contributed by atoms with van der Waals surface area (Å²) in [5.41, 5.74) is 5.20. The molecule has 0 spiro atoms. The van der Waals surface area contributed by atoms with E-state index < -0.39 is 0 Å². The van der Waals surface area contributed by atoms with Gasteiger partial charge in [-0.1, -0.05) is 64.5 Å². The molecule has 0 bridgehead atoms. The number of hydrogen-bond acceptors (Lipinski definition) is 2. The molecule has 20 heavy (non-hydrogen) atoms.